The highest BCUT2D eigenvalue weighted by Crippen LogP contribution is 2.36. The highest BCUT2D eigenvalue weighted by atomic mass is 16.6. The Balaban J connectivity index is 1.49. The number of hydrogen-bond donors (Lipinski definition) is 1. The molecule has 7 nitrogen and oxygen atoms in total. The van der Waals surface area contributed by atoms with Gasteiger partial charge in [-0.05, 0) is 32.4 Å². The van der Waals surface area contributed by atoms with Crippen molar-refractivity contribution in [2.75, 3.05) is 36.4 Å². The van der Waals surface area contributed by atoms with Crippen LogP contribution in [0, 0.1) is 0 Å². The van der Waals surface area contributed by atoms with Gasteiger partial charge in [0.25, 0.3) is 5.91 Å². The summed E-state index contributed by atoms with van der Waals surface area (Å²) in [6.07, 6.45) is -0.295. The smallest absolute Gasteiger partial charge is 0.410 e. The summed E-state index contributed by atoms with van der Waals surface area (Å²) < 4.78 is 5.55. The van der Waals surface area contributed by atoms with Crippen LogP contribution in [-0.2, 0) is 9.53 Å². The predicted octanol–water partition coefficient (Wildman–Crippen LogP) is 5.27. The van der Waals surface area contributed by atoms with E-state index in [9.17, 15) is 9.59 Å². The van der Waals surface area contributed by atoms with E-state index in [1.807, 2.05) is 99.6 Å². The maximum absolute atomic E-state index is 13.6. The SMILES string of the molecule is CC(C)(C)OC(=O)N1CCN(c2cccc3c2NC(=O)[C@@H](c2ccccc2)N=C3c2ccccc2)CC1. The van der Waals surface area contributed by atoms with Crippen molar-refractivity contribution in [2.45, 2.75) is 32.4 Å². The van der Waals surface area contributed by atoms with E-state index < -0.39 is 11.6 Å². The molecule has 1 N–H and O–H groups in total. The number of nitrogens with one attached hydrogen (secondary N) is 1. The normalized spacial score (nSPS) is 17.9. The fourth-order valence-electron chi connectivity index (χ4n) is 4.72. The van der Waals surface area contributed by atoms with Crippen LogP contribution < -0.4 is 10.2 Å². The van der Waals surface area contributed by atoms with Gasteiger partial charge >= 0.3 is 6.09 Å². The number of para-hydroxylation sites is 1. The topological polar surface area (TPSA) is 74.2 Å². The van der Waals surface area contributed by atoms with Crippen LogP contribution in [-0.4, -0.2) is 54.4 Å². The van der Waals surface area contributed by atoms with Crippen LogP contribution in [0.15, 0.2) is 83.9 Å². The maximum Gasteiger partial charge on any atom is 0.410 e. The number of carbonyl (C=O) groups is 2. The number of rotatable bonds is 3. The molecular weight excluding hydrogens is 464 g/mol. The van der Waals surface area contributed by atoms with E-state index in [0.29, 0.717) is 26.2 Å². The van der Waals surface area contributed by atoms with Gasteiger partial charge in [-0.2, -0.15) is 0 Å². The van der Waals surface area contributed by atoms with E-state index in [0.717, 1.165) is 33.8 Å². The Bertz CT molecular complexity index is 1310. The van der Waals surface area contributed by atoms with Gasteiger partial charge in [0, 0.05) is 37.3 Å². The van der Waals surface area contributed by atoms with E-state index in [1.54, 1.807) is 4.90 Å². The highest BCUT2D eigenvalue weighted by molar-refractivity contribution is 6.21. The average Bonchev–Trinajstić information content (AvgIpc) is 3.05. The van der Waals surface area contributed by atoms with Gasteiger partial charge < -0.3 is 19.9 Å². The predicted molar refractivity (Wildman–Crippen MR) is 146 cm³/mol. The zero-order valence-electron chi connectivity index (χ0n) is 21.5. The summed E-state index contributed by atoms with van der Waals surface area (Å²) in [6.45, 7) is 7.96. The van der Waals surface area contributed by atoms with Gasteiger partial charge in [0.05, 0.1) is 17.1 Å². The number of piperazine rings is 1. The number of nitrogens with zero attached hydrogens (tertiary/aromatic N) is 3. The Labute approximate surface area is 217 Å². The standard InChI is InChI=1S/C30H32N4O3/c1-30(2,3)37-29(36)34-19-17-33(18-20-34)24-16-10-15-23-25(21-11-6-4-7-12-21)31-26(28(35)32-27(23)24)22-13-8-5-9-14-22/h4-16,26H,17-20H2,1-3H3,(H,32,35)/t26-/m1/s1. The molecule has 7 heteroatoms. The van der Waals surface area contributed by atoms with Gasteiger partial charge in [0.1, 0.15) is 5.60 Å². The van der Waals surface area contributed by atoms with Gasteiger partial charge in [0.2, 0.25) is 0 Å². The van der Waals surface area contributed by atoms with Crippen LogP contribution in [0.4, 0.5) is 16.2 Å². The first-order valence-corrected chi connectivity index (χ1v) is 12.7. The van der Waals surface area contributed by atoms with Gasteiger partial charge in [-0.15, -0.1) is 0 Å². The summed E-state index contributed by atoms with van der Waals surface area (Å²) in [6, 6.07) is 25.0. The number of anilines is 2. The molecule has 0 aliphatic carbocycles. The van der Waals surface area contributed by atoms with Gasteiger partial charge in [-0.3, -0.25) is 9.79 Å². The van der Waals surface area contributed by atoms with E-state index in [1.165, 1.54) is 0 Å². The summed E-state index contributed by atoms with van der Waals surface area (Å²) in [4.78, 5) is 35.1. The molecule has 0 unspecified atom stereocenters. The Morgan fingerprint density at radius 1 is 0.892 bits per heavy atom. The molecule has 2 aliphatic rings. The molecule has 0 spiro atoms. The third kappa shape index (κ3) is 5.35. The van der Waals surface area contributed by atoms with Crippen molar-refractivity contribution in [3.63, 3.8) is 0 Å². The zero-order valence-corrected chi connectivity index (χ0v) is 21.5. The molecule has 1 saturated heterocycles. The fourth-order valence-corrected chi connectivity index (χ4v) is 4.72. The molecule has 3 aromatic rings. The van der Waals surface area contributed by atoms with Crippen LogP contribution in [0.2, 0.25) is 0 Å². The van der Waals surface area contributed by atoms with E-state index in [4.69, 9.17) is 9.73 Å². The zero-order chi connectivity index (χ0) is 26.0. The van der Waals surface area contributed by atoms with Crippen LogP contribution >= 0.6 is 0 Å². The number of ether oxygens (including phenoxy) is 1. The lowest BCUT2D eigenvalue weighted by molar-refractivity contribution is -0.117. The van der Waals surface area contributed by atoms with Crippen molar-refractivity contribution in [3.05, 3.63) is 95.6 Å². The van der Waals surface area contributed by atoms with Crippen molar-refractivity contribution in [1.29, 1.82) is 0 Å². The number of benzodiazepines with no additional fused rings is 1. The van der Waals surface area contributed by atoms with Crippen LogP contribution in [0.5, 0.6) is 0 Å². The summed E-state index contributed by atoms with van der Waals surface area (Å²) in [5.74, 6) is -0.168. The molecule has 37 heavy (non-hydrogen) atoms. The second-order valence-corrected chi connectivity index (χ2v) is 10.3. The minimum Gasteiger partial charge on any atom is -0.444 e. The summed E-state index contributed by atoms with van der Waals surface area (Å²) >= 11 is 0. The van der Waals surface area contributed by atoms with Gasteiger partial charge in [-0.1, -0.05) is 72.8 Å². The number of benzene rings is 3. The minimum absolute atomic E-state index is 0.168. The van der Waals surface area contributed by atoms with Crippen LogP contribution in [0.1, 0.15) is 43.5 Å². The summed E-state index contributed by atoms with van der Waals surface area (Å²) in [7, 11) is 0. The molecule has 1 atom stereocenters. The van der Waals surface area contributed by atoms with E-state index in [-0.39, 0.29) is 12.0 Å². The Hall–Kier alpha value is -4.13. The molecular formula is C30H32N4O3. The van der Waals surface area contributed by atoms with Gasteiger partial charge in [0.15, 0.2) is 6.04 Å². The molecule has 3 aromatic carbocycles. The Morgan fingerprint density at radius 2 is 1.54 bits per heavy atom. The molecule has 5 rings (SSSR count). The Morgan fingerprint density at radius 3 is 2.19 bits per heavy atom. The van der Waals surface area contributed by atoms with Crippen LogP contribution in [0.25, 0.3) is 0 Å². The largest absolute Gasteiger partial charge is 0.444 e. The molecule has 0 aromatic heterocycles. The highest BCUT2D eigenvalue weighted by Gasteiger charge is 2.31. The third-order valence-corrected chi connectivity index (χ3v) is 6.49. The van der Waals surface area contributed by atoms with Crippen molar-refractivity contribution in [2.24, 2.45) is 4.99 Å². The first kappa shape index (κ1) is 24.6. The van der Waals surface area contributed by atoms with Crippen molar-refractivity contribution in [3.8, 4) is 0 Å². The first-order valence-electron chi connectivity index (χ1n) is 12.7. The molecule has 0 bridgehead atoms. The third-order valence-electron chi connectivity index (χ3n) is 6.49. The van der Waals surface area contributed by atoms with Crippen molar-refractivity contribution >= 4 is 29.1 Å². The summed E-state index contributed by atoms with van der Waals surface area (Å²) in [5.41, 5.74) is 4.59. The summed E-state index contributed by atoms with van der Waals surface area (Å²) in [5, 5.41) is 3.20. The lowest BCUT2D eigenvalue weighted by Crippen LogP contribution is -2.50. The molecule has 190 valence electrons. The average molecular weight is 497 g/mol. The monoisotopic (exact) mass is 496 g/mol. The minimum atomic E-state index is -0.666. The van der Waals surface area contributed by atoms with Crippen LogP contribution in [0.3, 0.4) is 0 Å². The van der Waals surface area contributed by atoms with Crippen molar-refractivity contribution in [1.82, 2.24) is 4.90 Å². The molecule has 0 saturated carbocycles. The second kappa shape index (κ2) is 10.1. The number of carbonyl (C=O) groups excluding carboxylic acids is 2. The quantitative estimate of drug-likeness (QED) is 0.536. The Kier molecular flexibility index (Phi) is 6.70. The second-order valence-electron chi connectivity index (χ2n) is 10.3. The number of hydrogen-bond acceptors (Lipinski definition) is 5. The van der Waals surface area contributed by atoms with Crippen molar-refractivity contribution < 1.29 is 14.3 Å². The molecule has 2 amide bonds. The molecule has 2 aliphatic heterocycles. The lowest BCUT2D eigenvalue weighted by atomic mass is 9.99. The lowest BCUT2D eigenvalue weighted by Gasteiger charge is -2.37. The molecule has 0 radical (unpaired) electrons. The number of aliphatic imine (C=N–C) groups is 1. The maximum atomic E-state index is 13.6. The molecule has 2 heterocycles. The van der Waals surface area contributed by atoms with E-state index >= 15 is 0 Å². The fraction of sp³-hybridized carbons (Fsp3) is 0.300. The first-order chi connectivity index (χ1) is 17.8. The van der Waals surface area contributed by atoms with Gasteiger partial charge in [-0.25, -0.2) is 4.79 Å². The van der Waals surface area contributed by atoms with E-state index in [2.05, 4.69) is 10.2 Å². The molecule has 1 fully saturated rings. The number of fused-ring (bicyclic) bond motifs is 1. The number of amides is 2.